The van der Waals surface area contributed by atoms with E-state index in [9.17, 15) is 0 Å². The highest BCUT2D eigenvalue weighted by Gasteiger charge is 2.53. The molecule has 0 amide bonds. The topological polar surface area (TPSA) is 22.8 Å². The Labute approximate surface area is 354 Å². The third kappa shape index (κ3) is 4.72. The highest BCUT2D eigenvalue weighted by molar-refractivity contribution is 6.16. The Bertz CT molecular complexity index is 3380. The molecule has 0 aliphatic heterocycles. The van der Waals surface area contributed by atoms with Gasteiger partial charge in [-0.2, -0.15) is 0 Å². The largest absolute Gasteiger partial charge is 0.309 e. The van der Waals surface area contributed by atoms with E-state index < -0.39 is 5.41 Å². The van der Waals surface area contributed by atoms with Gasteiger partial charge in [-0.1, -0.05) is 158 Å². The molecule has 3 nitrogen and oxygen atoms in total. The lowest BCUT2D eigenvalue weighted by Gasteiger charge is -2.30. The second-order valence-electron chi connectivity index (χ2n) is 16.3. The van der Waals surface area contributed by atoms with Crippen LogP contribution in [0.5, 0.6) is 0 Å². The predicted octanol–water partition coefficient (Wildman–Crippen LogP) is 14.3. The summed E-state index contributed by atoms with van der Waals surface area (Å²) in [6, 6.07) is 77.7. The first-order valence-corrected chi connectivity index (χ1v) is 21.0. The van der Waals surface area contributed by atoms with E-state index in [0.29, 0.717) is 0 Å². The first-order chi connectivity index (χ1) is 30.3. The van der Waals surface area contributed by atoms with Gasteiger partial charge in [-0.15, -0.1) is 0 Å². The van der Waals surface area contributed by atoms with E-state index in [0.717, 1.165) is 11.4 Å². The molecule has 0 radical (unpaired) electrons. The van der Waals surface area contributed by atoms with Crippen LogP contribution in [0.2, 0.25) is 0 Å². The monoisotopic (exact) mass is 775 g/mol. The number of nitrogens with zero attached hydrogens (tertiary/aromatic N) is 3. The molecule has 3 heteroatoms. The molecule has 3 aromatic heterocycles. The van der Waals surface area contributed by atoms with Gasteiger partial charge >= 0.3 is 0 Å². The minimum Gasteiger partial charge on any atom is -0.309 e. The zero-order chi connectivity index (χ0) is 40.1. The van der Waals surface area contributed by atoms with E-state index in [4.69, 9.17) is 4.98 Å². The molecule has 0 N–H and O–H groups in total. The second-order valence-corrected chi connectivity index (χ2v) is 16.3. The Morgan fingerprint density at radius 3 is 1.51 bits per heavy atom. The summed E-state index contributed by atoms with van der Waals surface area (Å²) in [5.74, 6) is 0. The fraction of sp³-hybridized carbons (Fsp3) is 0.0172. The van der Waals surface area contributed by atoms with Crippen molar-refractivity contribution in [2.45, 2.75) is 5.41 Å². The van der Waals surface area contributed by atoms with Crippen molar-refractivity contribution in [1.82, 2.24) is 14.1 Å². The number of hydrogen-bond acceptors (Lipinski definition) is 1. The molecule has 13 rings (SSSR count). The summed E-state index contributed by atoms with van der Waals surface area (Å²) in [4.78, 5) is 4.78. The predicted molar refractivity (Wildman–Crippen MR) is 251 cm³/mol. The molecule has 8 aromatic carbocycles. The number of fused-ring (bicyclic) bond motifs is 14. The number of para-hydroxylation sites is 1. The molecular weight excluding hydrogens is 739 g/mol. The first-order valence-electron chi connectivity index (χ1n) is 21.0. The Morgan fingerprint density at radius 1 is 0.344 bits per heavy atom. The average Bonchev–Trinajstić information content (AvgIpc) is 4.08. The number of benzene rings is 8. The van der Waals surface area contributed by atoms with Gasteiger partial charge in [-0.3, -0.25) is 4.98 Å². The van der Waals surface area contributed by atoms with Crippen molar-refractivity contribution in [2.24, 2.45) is 0 Å². The molecule has 2 aliphatic rings. The fourth-order valence-corrected chi connectivity index (χ4v) is 10.8. The van der Waals surface area contributed by atoms with Gasteiger partial charge in [0.25, 0.3) is 0 Å². The van der Waals surface area contributed by atoms with Gasteiger partial charge in [-0.25, -0.2) is 0 Å². The zero-order valence-electron chi connectivity index (χ0n) is 33.2. The molecule has 0 saturated carbocycles. The molecule has 3 heterocycles. The molecule has 11 aromatic rings. The average molecular weight is 776 g/mol. The van der Waals surface area contributed by atoms with Crippen molar-refractivity contribution >= 4 is 21.8 Å². The van der Waals surface area contributed by atoms with Crippen molar-refractivity contribution in [3.63, 3.8) is 0 Å². The fourth-order valence-electron chi connectivity index (χ4n) is 10.8. The SMILES string of the molecule is c1ccc(-c2ccc(-c3ccccc3)n2-c2ccc(-c3ccc(-n4c5ccccc5c5c6c(ccc54)-c4ccccc4C64c5ccccc5-c5ccncc54)cc3)cc2)cc1. The summed E-state index contributed by atoms with van der Waals surface area (Å²) < 4.78 is 4.83. The summed E-state index contributed by atoms with van der Waals surface area (Å²) >= 11 is 0. The minimum absolute atomic E-state index is 0.485. The summed E-state index contributed by atoms with van der Waals surface area (Å²) in [7, 11) is 0. The smallest absolute Gasteiger partial charge is 0.0747 e. The van der Waals surface area contributed by atoms with E-state index in [-0.39, 0.29) is 0 Å². The summed E-state index contributed by atoms with van der Waals surface area (Å²) in [6.45, 7) is 0. The molecule has 1 atom stereocenters. The molecular formula is C58H37N3. The maximum Gasteiger partial charge on any atom is 0.0747 e. The third-order valence-corrected chi connectivity index (χ3v) is 13.3. The Kier molecular flexibility index (Phi) is 7.22. The number of aromatic nitrogens is 3. The Hall–Kier alpha value is -8.01. The number of pyridine rings is 1. The molecule has 2 aliphatic carbocycles. The van der Waals surface area contributed by atoms with Gasteiger partial charge in [0.2, 0.25) is 0 Å². The van der Waals surface area contributed by atoms with Gasteiger partial charge < -0.3 is 9.13 Å². The number of hydrogen-bond donors (Lipinski definition) is 0. The van der Waals surface area contributed by atoms with Crippen LogP contribution in [0.1, 0.15) is 22.3 Å². The summed E-state index contributed by atoms with van der Waals surface area (Å²) in [5, 5.41) is 2.55. The van der Waals surface area contributed by atoms with Gasteiger partial charge in [0.15, 0.2) is 0 Å². The molecule has 0 fully saturated rings. The van der Waals surface area contributed by atoms with Gasteiger partial charge in [0.05, 0.1) is 27.8 Å². The van der Waals surface area contributed by atoms with Crippen molar-refractivity contribution < 1.29 is 0 Å². The molecule has 0 saturated heterocycles. The van der Waals surface area contributed by atoms with Gasteiger partial charge in [0.1, 0.15) is 0 Å². The van der Waals surface area contributed by atoms with Crippen LogP contribution in [-0.4, -0.2) is 14.1 Å². The standard InChI is InChI=1S/C58H37N3/c1-3-13-40(14-4-1)52-33-34-53(41-15-5-2-6-16-41)60(52)42-27-23-38(24-28-42)39-25-29-43(30-26-39)61-54-22-12-9-19-48(54)56-55(61)32-31-47-45-18-8-11-21-50(45)58(57(47)56)49-20-10-7-17-44(49)46-35-36-59-37-51(46)58/h1-37H. The van der Waals surface area contributed by atoms with Crippen LogP contribution < -0.4 is 0 Å². The molecule has 284 valence electrons. The van der Waals surface area contributed by atoms with Crippen molar-refractivity contribution in [3.05, 3.63) is 247 Å². The molecule has 61 heavy (non-hydrogen) atoms. The zero-order valence-corrected chi connectivity index (χ0v) is 33.2. The normalized spacial score (nSPS) is 14.6. The van der Waals surface area contributed by atoms with Crippen molar-refractivity contribution in [3.8, 4) is 67.3 Å². The highest BCUT2D eigenvalue weighted by Crippen LogP contribution is 2.64. The molecule has 1 spiro atoms. The second kappa shape index (κ2) is 13.0. The first kappa shape index (κ1) is 33.9. The van der Waals surface area contributed by atoms with Crippen LogP contribution in [0.15, 0.2) is 225 Å². The maximum absolute atomic E-state index is 4.78. The lowest BCUT2D eigenvalue weighted by atomic mass is 9.70. The van der Waals surface area contributed by atoms with Crippen LogP contribution in [0, 0.1) is 0 Å². The van der Waals surface area contributed by atoms with Gasteiger partial charge in [-0.05, 0) is 121 Å². The minimum atomic E-state index is -0.485. The third-order valence-electron chi connectivity index (χ3n) is 13.3. The van der Waals surface area contributed by atoms with E-state index >= 15 is 0 Å². The van der Waals surface area contributed by atoms with Crippen LogP contribution in [0.25, 0.3) is 89.1 Å². The van der Waals surface area contributed by atoms with E-state index in [1.807, 2.05) is 6.20 Å². The van der Waals surface area contributed by atoms with Crippen molar-refractivity contribution in [1.29, 1.82) is 0 Å². The lowest BCUT2D eigenvalue weighted by Crippen LogP contribution is -2.26. The Morgan fingerprint density at radius 2 is 0.869 bits per heavy atom. The molecule has 1 unspecified atom stereocenters. The van der Waals surface area contributed by atoms with E-state index in [1.165, 1.54) is 100.0 Å². The lowest BCUT2D eigenvalue weighted by molar-refractivity contribution is 0.796. The van der Waals surface area contributed by atoms with Gasteiger partial charge in [0, 0.05) is 34.5 Å². The highest BCUT2D eigenvalue weighted by atomic mass is 15.0. The molecule has 0 bridgehead atoms. The van der Waals surface area contributed by atoms with Crippen LogP contribution in [-0.2, 0) is 5.41 Å². The van der Waals surface area contributed by atoms with Crippen LogP contribution in [0.3, 0.4) is 0 Å². The maximum atomic E-state index is 4.78. The van der Waals surface area contributed by atoms with Crippen molar-refractivity contribution in [2.75, 3.05) is 0 Å². The Balaban J connectivity index is 0.949. The summed E-state index contributed by atoms with van der Waals surface area (Å²) in [6.07, 6.45) is 4.06. The van der Waals surface area contributed by atoms with E-state index in [2.05, 4.69) is 228 Å². The number of rotatable bonds is 5. The van der Waals surface area contributed by atoms with Crippen LogP contribution in [0.4, 0.5) is 0 Å². The quantitative estimate of drug-likeness (QED) is 0.171. The summed E-state index contributed by atoms with van der Waals surface area (Å²) in [5.41, 5.74) is 21.6. The van der Waals surface area contributed by atoms with E-state index in [1.54, 1.807) is 0 Å². The van der Waals surface area contributed by atoms with Crippen LogP contribution >= 0.6 is 0 Å².